The Hall–Kier alpha value is -3.08. The minimum Gasteiger partial charge on any atom is -0.495 e. The molecule has 0 bridgehead atoms. The van der Waals surface area contributed by atoms with Crippen molar-refractivity contribution < 1.29 is 42.1 Å². The van der Waals surface area contributed by atoms with Crippen molar-refractivity contribution >= 4 is 29.6 Å². The summed E-state index contributed by atoms with van der Waals surface area (Å²) in [5.74, 6) is -3.63. The molecule has 2 rings (SSSR count). The highest BCUT2D eigenvalue weighted by Crippen LogP contribution is 2.28. The van der Waals surface area contributed by atoms with E-state index in [-0.39, 0.29) is 17.6 Å². The Morgan fingerprint density at radius 3 is 2.32 bits per heavy atom. The fourth-order valence-electron chi connectivity index (χ4n) is 2.27. The zero-order valence-corrected chi connectivity index (χ0v) is 17.2. The lowest BCUT2D eigenvalue weighted by Crippen LogP contribution is -2.21. The number of aliphatic carboxylic acids is 2. The lowest BCUT2D eigenvalue weighted by molar-refractivity contribution is -0.192. The second kappa shape index (κ2) is 11.3. The largest absolute Gasteiger partial charge is 0.495 e. The summed E-state index contributed by atoms with van der Waals surface area (Å²) in [7, 11) is 1.47. The number of aromatic nitrogens is 2. The normalized spacial score (nSPS) is 11.5. The van der Waals surface area contributed by atoms with E-state index in [9.17, 15) is 27.5 Å². The van der Waals surface area contributed by atoms with Crippen LogP contribution in [0.2, 0.25) is 0 Å². The van der Waals surface area contributed by atoms with E-state index in [2.05, 4.69) is 4.98 Å². The molecular formula is C19H19ClF4N2O5. The summed E-state index contributed by atoms with van der Waals surface area (Å²) in [6, 6.07) is 2.77. The van der Waals surface area contributed by atoms with Gasteiger partial charge in [0.2, 0.25) is 0 Å². The first kappa shape index (κ1) is 26.0. The molecule has 2 N–H and O–H groups in total. The first-order valence-corrected chi connectivity index (χ1v) is 9.12. The van der Waals surface area contributed by atoms with Gasteiger partial charge in [0.1, 0.15) is 11.6 Å². The lowest BCUT2D eigenvalue weighted by Gasteiger charge is -2.11. The van der Waals surface area contributed by atoms with Crippen LogP contribution in [0.25, 0.3) is 11.8 Å². The van der Waals surface area contributed by atoms with Crippen molar-refractivity contribution in [1.82, 2.24) is 9.55 Å². The molecule has 0 radical (unpaired) electrons. The minimum atomic E-state index is -5.08. The van der Waals surface area contributed by atoms with E-state index in [1.54, 1.807) is 17.1 Å². The highest BCUT2D eigenvalue weighted by Gasteiger charge is 2.38. The molecule has 1 aromatic heterocycles. The molecule has 7 nitrogen and oxygen atoms in total. The number of hydrogen-bond acceptors (Lipinski definition) is 4. The highest BCUT2D eigenvalue weighted by atomic mass is 35.5. The minimum absolute atomic E-state index is 0.0998. The quantitative estimate of drug-likeness (QED) is 0.355. The Balaban J connectivity index is 0.000000592. The third-order valence-corrected chi connectivity index (χ3v) is 3.98. The van der Waals surface area contributed by atoms with Crippen LogP contribution < -0.4 is 4.74 Å². The number of benzene rings is 1. The van der Waals surface area contributed by atoms with Crippen LogP contribution in [0, 0.1) is 12.7 Å². The summed E-state index contributed by atoms with van der Waals surface area (Å²) in [6.45, 7) is 1.83. The van der Waals surface area contributed by atoms with Crippen molar-refractivity contribution in [2.24, 2.45) is 0 Å². The molecule has 0 aliphatic carbocycles. The molecule has 31 heavy (non-hydrogen) atoms. The molecule has 1 heterocycles. The van der Waals surface area contributed by atoms with Gasteiger partial charge in [0.15, 0.2) is 0 Å². The number of carboxylic acid groups (broad SMARTS) is 2. The summed E-state index contributed by atoms with van der Waals surface area (Å²) < 4.78 is 53.2. The van der Waals surface area contributed by atoms with E-state index in [0.717, 1.165) is 5.69 Å². The number of carboxylic acids is 2. The number of imidazole rings is 1. The van der Waals surface area contributed by atoms with Crippen LogP contribution in [0.4, 0.5) is 17.6 Å². The van der Waals surface area contributed by atoms with Gasteiger partial charge in [-0.3, -0.25) is 0 Å². The maximum atomic E-state index is 14.5. The van der Waals surface area contributed by atoms with Crippen LogP contribution in [0.1, 0.15) is 24.1 Å². The number of aryl methyl sites for hydroxylation is 1. The van der Waals surface area contributed by atoms with Gasteiger partial charge >= 0.3 is 18.1 Å². The molecule has 0 fully saturated rings. The monoisotopic (exact) mass is 466 g/mol. The standard InChI is InChI=1S/C17H18ClFN2O3.C2HF3O2/c1-11-9-21(10-20-11)15-8-14(19)13(7-16(15)24-2)6-12(17(22)23)4-3-5-18;3-2(4,5)1(6)7/h6-10H,3-5H2,1-2H3,(H,22,23);(H,6,7). The average molecular weight is 467 g/mol. The van der Waals surface area contributed by atoms with Gasteiger partial charge in [-0.1, -0.05) is 0 Å². The van der Waals surface area contributed by atoms with E-state index in [0.29, 0.717) is 23.7 Å². The van der Waals surface area contributed by atoms with Gasteiger partial charge in [0.25, 0.3) is 0 Å². The van der Waals surface area contributed by atoms with Crippen LogP contribution in [0.15, 0.2) is 30.2 Å². The van der Waals surface area contributed by atoms with Crippen molar-refractivity contribution in [3.63, 3.8) is 0 Å². The van der Waals surface area contributed by atoms with Gasteiger partial charge in [0.05, 0.1) is 24.8 Å². The van der Waals surface area contributed by atoms with Crippen molar-refractivity contribution in [3.8, 4) is 11.4 Å². The maximum absolute atomic E-state index is 14.5. The fourth-order valence-corrected chi connectivity index (χ4v) is 2.41. The Morgan fingerprint density at radius 2 is 1.90 bits per heavy atom. The first-order valence-electron chi connectivity index (χ1n) is 8.59. The summed E-state index contributed by atoms with van der Waals surface area (Å²) in [6.07, 6.45) is 0.310. The molecule has 0 saturated carbocycles. The molecule has 0 saturated heterocycles. The predicted molar refractivity (Wildman–Crippen MR) is 104 cm³/mol. The number of alkyl halides is 4. The molecule has 0 amide bonds. The van der Waals surface area contributed by atoms with Gasteiger partial charge in [0, 0.05) is 29.3 Å². The van der Waals surface area contributed by atoms with E-state index in [1.807, 2.05) is 6.92 Å². The number of ether oxygens (including phenoxy) is 1. The number of hydrogen-bond donors (Lipinski definition) is 2. The van der Waals surface area contributed by atoms with Crippen LogP contribution >= 0.6 is 11.6 Å². The van der Waals surface area contributed by atoms with Crippen molar-refractivity contribution in [1.29, 1.82) is 0 Å². The lowest BCUT2D eigenvalue weighted by atomic mass is 10.1. The van der Waals surface area contributed by atoms with Crippen molar-refractivity contribution in [2.75, 3.05) is 13.0 Å². The van der Waals surface area contributed by atoms with Crippen molar-refractivity contribution in [3.05, 3.63) is 47.3 Å². The van der Waals surface area contributed by atoms with Gasteiger partial charge in [-0.2, -0.15) is 13.2 Å². The summed E-state index contributed by atoms with van der Waals surface area (Å²) in [5.41, 5.74) is 1.53. The van der Waals surface area contributed by atoms with Crippen LogP contribution in [0.3, 0.4) is 0 Å². The molecule has 0 spiro atoms. The van der Waals surface area contributed by atoms with Crippen molar-refractivity contribution in [2.45, 2.75) is 25.9 Å². The number of carbonyl (C=O) groups is 2. The topological polar surface area (TPSA) is 102 Å². The summed E-state index contributed by atoms with van der Waals surface area (Å²) >= 11 is 5.60. The molecule has 2 aromatic rings. The molecule has 1 aromatic carbocycles. The number of halogens is 5. The Kier molecular flexibility index (Phi) is 9.50. The summed E-state index contributed by atoms with van der Waals surface area (Å²) in [4.78, 5) is 24.3. The third kappa shape index (κ3) is 7.93. The average Bonchev–Trinajstić information content (AvgIpc) is 3.11. The third-order valence-electron chi connectivity index (χ3n) is 3.71. The second-order valence-electron chi connectivity index (χ2n) is 6.04. The van der Waals surface area contributed by atoms with Crippen LogP contribution in [-0.2, 0) is 9.59 Å². The molecule has 0 aliphatic rings. The number of methoxy groups -OCH3 is 1. The van der Waals surface area contributed by atoms with Gasteiger partial charge in [-0.25, -0.2) is 19.0 Å². The van der Waals surface area contributed by atoms with E-state index in [4.69, 9.17) is 26.2 Å². The van der Waals surface area contributed by atoms with Crippen LogP contribution in [-0.4, -0.2) is 50.9 Å². The van der Waals surface area contributed by atoms with E-state index in [1.165, 1.54) is 25.3 Å². The van der Waals surface area contributed by atoms with Gasteiger partial charge < -0.3 is 19.5 Å². The zero-order chi connectivity index (χ0) is 23.8. The predicted octanol–water partition coefficient (Wildman–Crippen LogP) is 4.45. The maximum Gasteiger partial charge on any atom is 0.490 e. The number of nitrogens with zero attached hydrogens (tertiary/aromatic N) is 2. The second-order valence-corrected chi connectivity index (χ2v) is 6.42. The molecule has 0 atom stereocenters. The highest BCUT2D eigenvalue weighted by molar-refractivity contribution is 6.17. The Labute approximate surface area is 179 Å². The fraction of sp³-hybridized carbons (Fsp3) is 0.316. The van der Waals surface area contributed by atoms with E-state index < -0.39 is 23.9 Å². The molecular weight excluding hydrogens is 448 g/mol. The number of rotatable bonds is 7. The SMILES string of the molecule is COc1cc(C=C(CCCCl)C(=O)O)c(F)cc1-n1cnc(C)c1.O=C(O)C(F)(F)F. The van der Waals surface area contributed by atoms with Gasteiger partial charge in [-0.05, 0) is 31.9 Å². The van der Waals surface area contributed by atoms with Gasteiger partial charge in [-0.15, -0.1) is 11.6 Å². The molecule has 12 heteroatoms. The first-order chi connectivity index (χ1) is 14.4. The molecule has 170 valence electrons. The van der Waals surface area contributed by atoms with E-state index >= 15 is 0 Å². The molecule has 0 unspecified atom stereocenters. The Morgan fingerprint density at radius 1 is 1.29 bits per heavy atom. The molecule has 0 aliphatic heterocycles. The van der Waals surface area contributed by atoms with Crippen LogP contribution in [0.5, 0.6) is 5.75 Å². The zero-order valence-electron chi connectivity index (χ0n) is 16.4. The summed E-state index contributed by atoms with van der Waals surface area (Å²) in [5, 5.41) is 16.4. The Bertz CT molecular complexity index is 957. The smallest absolute Gasteiger partial charge is 0.490 e.